The first kappa shape index (κ1) is 13.7. The van der Waals surface area contributed by atoms with E-state index in [1.807, 2.05) is 5.48 Å². The highest BCUT2D eigenvalue weighted by Gasteiger charge is 2.16. The average Bonchev–Trinajstić information content (AvgIpc) is 2.38. The molecule has 0 aliphatic rings. The molecule has 0 aliphatic carbocycles. The standard InChI is InChI=1S/C11H11NO6/c1-2-9(13)17-18-12-10(14)7-5-3-4-6-8(7)11(15)16/h3-6H,2H2,1H3,(H,12,14)(H,15,16). The van der Waals surface area contributed by atoms with E-state index < -0.39 is 17.8 Å². The Labute approximate surface area is 102 Å². The van der Waals surface area contributed by atoms with Crippen molar-refractivity contribution in [3.05, 3.63) is 35.4 Å². The Morgan fingerprint density at radius 2 is 1.83 bits per heavy atom. The zero-order valence-corrected chi connectivity index (χ0v) is 9.50. The summed E-state index contributed by atoms with van der Waals surface area (Å²) >= 11 is 0. The summed E-state index contributed by atoms with van der Waals surface area (Å²) in [6.45, 7) is 1.55. The van der Waals surface area contributed by atoms with E-state index in [1.165, 1.54) is 24.3 Å². The summed E-state index contributed by atoms with van der Waals surface area (Å²) < 4.78 is 0. The normalized spacial score (nSPS) is 9.61. The molecule has 0 heterocycles. The van der Waals surface area contributed by atoms with Gasteiger partial charge in [0.25, 0.3) is 5.91 Å². The number of aromatic carboxylic acids is 1. The molecule has 0 fully saturated rings. The maximum atomic E-state index is 11.5. The summed E-state index contributed by atoms with van der Waals surface area (Å²) in [5.74, 6) is -2.73. The SMILES string of the molecule is CCC(=O)OONC(=O)c1ccccc1C(=O)O. The third-order valence-corrected chi connectivity index (χ3v) is 1.96. The number of nitrogens with one attached hydrogen (secondary N) is 1. The third kappa shape index (κ3) is 3.56. The van der Waals surface area contributed by atoms with Crippen LogP contribution in [0.3, 0.4) is 0 Å². The van der Waals surface area contributed by atoms with E-state index in [0.717, 1.165) is 0 Å². The Kier molecular flexibility index (Phi) is 4.82. The lowest BCUT2D eigenvalue weighted by molar-refractivity contribution is -0.297. The first-order chi connectivity index (χ1) is 8.56. The highest BCUT2D eigenvalue weighted by Crippen LogP contribution is 2.08. The second-order valence-corrected chi connectivity index (χ2v) is 3.17. The van der Waals surface area contributed by atoms with Crippen molar-refractivity contribution in [2.45, 2.75) is 13.3 Å². The van der Waals surface area contributed by atoms with Crippen LogP contribution in [0, 0.1) is 0 Å². The van der Waals surface area contributed by atoms with Gasteiger partial charge in [-0.1, -0.05) is 24.0 Å². The molecule has 2 N–H and O–H groups in total. The molecular weight excluding hydrogens is 242 g/mol. The van der Waals surface area contributed by atoms with Gasteiger partial charge in [-0.25, -0.2) is 9.59 Å². The van der Waals surface area contributed by atoms with Crippen molar-refractivity contribution in [2.75, 3.05) is 0 Å². The molecule has 1 aromatic rings. The van der Waals surface area contributed by atoms with Crippen LogP contribution in [0.1, 0.15) is 34.1 Å². The first-order valence-electron chi connectivity index (χ1n) is 5.05. The van der Waals surface area contributed by atoms with Crippen LogP contribution < -0.4 is 5.48 Å². The van der Waals surface area contributed by atoms with Gasteiger partial charge in [0.15, 0.2) is 0 Å². The summed E-state index contributed by atoms with van der Waals surface area (Å²) in [5.41, 5.74) is 1.53. The molecular formula is C11H11NO6. The largest absolute Gasteiger partial charge is 0.478 e. The first-order valence-corrected chi connectivity index (χ1v) is 5.05. The van der Waals surface area contributed by atoms with Crippen molar-refractivity contribution in [1.29, 1.82) is 0 Å². The summed E-state index contributed by atoms with van der Waals surface area (Å²) in [6, 6.07) is 5.57. The Morgan fingerprint density at radius 3 is 2.39 bits per heavy atom. The van der Waals surface area contributed by atoms with Crippen molar-refractivity contribution in [2.24, 2.45) is 0 Å². The van der Waals surface area contributed by atoms with E-state index in [-0.39, 0.29) is 17.5 Å². The molecule has 0 bridgehead atoms. The van der Waals surface area contributed by atoms with Crippen molar-refractivity contribution in [3.8, 4) is 0 Å². The fourth-order valence-electron chi connectivity index (χ4n) is 1.09. The van der Waals surface area contributed by atoms with Crippen LogP contribution in [0.4, 0.5) is 0 Å². The molecule has 1 amide bonds. The van der Waals surface area contributed by atoms with Crippen LogP contribution in [0.5, 0.6) is 0 Å². The van der Waals surface area contributed by atoms with Crippen LogP contribution >= 0.6 is 0 Å². The van der Waals surface area contributed by atoms with Gasteiger partial charge in [0, 0.05) is 6.42 Å². The lowest BCUT2D eigenvalue weighted by Gasteiger charge is -2.06. The lowest BCUT2D eigenvalue weighted by Crippen LogP contribution is -2.27. The van der Waals surface area contributed by atoms with E-state index in [4.69, 9.17) is 5.11 Å². The molecule has 0 unspecified atom stereocenters. The second-order valence-electron chi connectivity index (χ2n) is 3.17. The summed E-state index contributed by atoms with van der Waals surface area (Å²) in [6.07, 6.45) is 0.0849. The molecule has 0 atom stereocenters. The topological polar surface area (TPSA) is 102 Å². The summed E-state index contributed by atoms with van der Waals surface area (Å²) in [7, 11) is 0. The molecule has 0 aliphatic heterocycles. The molecule has 1 rings (SSSR count). The number of rotatable bonds is 5. The van der Waals surface area contributed by atoms with Gasteiger partial charge in [-0.3, -0.25) is 9.68 Å². The number of amides is 1. The van der Waals surface area contributed by atoms with Crippen molar-refractivity contribution in [3.63, 3.8) is 0 Å². The van der Waals surface area contributed by atoms with Crippen LogP contribution in [0.15, 0.2) is 24.3 Å². The average molecular weight is 253 g/mol. The maximum Gasteiger partial charge on any atom is 0.344 e. The van der Waals surface area contributed by atoms with Gasteiger partial charge in [-0.15, -0.1) is 0 Å². The van der Waals surface area contributed by atoms with Crippen LogP contribution in [0.25, 0.3) is 0 Å². The number of hydrogen-bond acceptors (Lipinski definition) is 5. The zero-order chi connectivity index (χ0) is 13.5. The molecule has 1 aromatic carbocycles. The van der Waals surface area contributed by atoms with Crippen LogP contribution in [-0.2, 0) is 14.7 Å². The maximum absolute atomic E-state index is 11.5. The molecule has 0 saturated heterocycles. The molecule has 18 heavy (non-hydrogen) atoms. The minimum Gasteiger partial charge on any atom is -0.478 e. The van der Waals surface area contributed by atoms with Gasteiger partial charge in [-0.05, 0) is 12.1 Å². The highest BCUT2D eigenvalue weighted by molar-refractivity contribution is 6.04. The number of hydroxylamine groups is 1. The number of hydrogen-bond donors (Lipinski definition) is 2. The van der Waals surface area contributed by atoms with Gasteiger partial charge in [0.2, 0.25) is 0 Å². The molecule has 0 spiro atoms. The molecule has 7 nitrogen and oxygen atoms in total. The summed E-state index contributed by atoms with van der Waals surface area (Å²) in [4.78, 5) is 41.5. The quantitative estimate of drug-likeness (QED) is 0.597. The number of carbonyl (C=O) groups excluding carboxylic acids is 2. The third-order valence-electron chi connectivity index (χ3n) is 1.96. The molecule has 0 saturated carbocycles. The van der Waals surface area contributed by atoms with E-state index in [2.05, 4.69) is 9.88 Å². The van der Waals surface area contributed by atoms with Crippen LogP contribution in [0.2, 0.25) is 0 Å². The summed E-state index contributed by atoms with van der Waals surface area (Å²) in [5, 5.41) is 8.86. The van der Waals surface area contributed by atoms with E-state index in [1.54, 1.807) is 6.92 Å². The molecule has 0 radical (unpaired) electrons. The lowest BCUT2D eigenvalue weighted by atomic mass is 10.1. The predicted octanol–water partition coefficient (Wildman–Crippen LogP) is 0.914. The zero-order valence-electron chi connectivity index (χ0n) is 9.50. The Morgan fingerprint density at radius 1 is 1.22 bits per heavy atom. The minimum atomic E-state index is -1.24. The molecule has 0 aromatic heterocycles. The smallest absolute Gasteiger partial charge is 0.344 e. The fraction of sp³-hybridized carbons (Fsp3) is 0.182. The number of carbonyl (C=O) groups is 3. The van der Waals surface area contributed by atoms with Gasteiger partial charge in [0.05, 0.1) is 11.1 Å². The number of benzene rings is 1. The van der Waals surface area contributed by atoms with Gasteiger partial charge in [0.1, 0.15) is 0 Å². The second kappa shape index (κ2) is 6.36. The monoisotopic (exact) mass is 253 g/mol. The van der Waals surface area contributed by atoms with Crippen molar-refractivity contribution >= 4 is 17.8 Å². The van der Waals surface area contributed by atoms with E-state index in [9.17, 15) is 14.4 Å². The predicted molar refractivity (Wildman–Crippen MR) is 58.3 cm³/mol. The van der Waals surface area contributed by atoms with Crippen molar-refractivity contribution < 1.29 is 29.4 Å². The van der Waals surface area contributed by atoms with Crippen LogP contribution in [-0.4, -0.2) is 23.0 Å². The van der Waals surface area contributed by atoms with Gasteiger partial charge < -0.3 is 5.11 Å². The van der Waals surface area contributed by atoms with E-state index >= 15 is 0 Å². The van der Waals surface area contributed by atoms with Gasteiger partial charge in [-0.2, -0.15) is 5.48 Å². The Hall–Kier alpha value is -2.41. The minimum absolute atomic E-state index is 0.0849. The van der Waals surface area contributed by atoms with Crippen molar-refractivity contribution in [1.82, 2.24) is 5.48 Å². The Balaban J connectivity index is 2.67. The van der Waals surface area contributed by atoms with E-state index in [0.29, 0.717) is 0 Å². The molecule has 7 heteroatoms. The molecule has 96 valence electrons. The fourth-order valence-corrected chi connectivity index (χ4v) is 1.09. The van der Waals surface area contributed by atoms with Gasteiger partial charge >= 0.3 is 11.9 Å². The number of carboxylic acids is 1. The number of carboxylic acid groups (broad SMARTS) is 1. The Bertz CT molecular complexity index is 470. The highest BCUT2D eigenvalue weighted by atomic mass is 17.3.